The maximum Gasteiger partial charge on any atom is 0.237 e. The second-order valence-corrected chi connectivity index (χ2v) is 8.38. The zero-order valence-corrected chi connectivity index (χ0v) is 13.4. The molecule has 0 spiro atoms. The van der Waals surface area contributed by atoms with Crippen molar-refractivity contribution in [3.05, 3.63) is 26.8 Å². The van der Waals surface area contributed by atoms with E-state index in [-0.39, 0.29) is 18.9 Å². The van der Waals surface area contributed by atoms with Crippen LogP contribution in [0.2, 0.25) is 5.02 Å². The first-order valence-electron chi connectivity index (χ1n) is 4.98. The van der Waals surface area contributed by atoms with E-state index in [1.807, 2.05) is 0 Å². The van der Waals surface area contributed by atoms with Gasteiger partial charge in [0.25, 0.3) is 0 Å². The monoisotopic (exact) mass is 419 g/mol. The van der Waals surface area contributed by atoms with E-state index in [0.29, 0.717) is 10.7 Å². The predicted octanol–water partition coefficient (Wildman–Crippen LogP) is 2.62. The van der Waals surface area contributed by atoms with Crippen LogP contribution in [0, 0.1) is 3.57 Å². The Morgan fingerprint density at radius 1 is 1.39 bits per heavy atom. The Kier molecular flexibility index (Phi) is 4.10. The van der Waals surface area contributed by atoms with Crippen LogP contribution in [0.5, 0.6) is 0 Å². The Morgan fingerprint density at radius 2 is 2.06 bits per heavy atom. The fourth-order valence-corrected chi connectivity index (χ4v) is 3.30. The van der Waals surface area contributed by atoms with Crippen molar-refractivity contribution >= 4 is 65.5 Å². The van der Waals surface area contributed by atoms with Crippen LogP contribution in [0.1, 0.15) is 6.42 Å². The van der Waals surface area contributed by atoms with Gasteiger partial charge < -0.3 is 4.90 Å². The third-order valence-electron chi connectivity index (χ3n) is 2.70. The van der Waals surface area contributed by atoms with Gasteiger partial charge in [-0.3, -0.25) is 4.79 Å². The van der Waals surface area contributed by atoms with Crippen molar-refractivity contribution in [1.82, 2.24) is 0 Å². The van der Waals surface area contributed by atoms with E-state index in [0.717, 1.165) is 3.57 Å². The summed E-state index contributed by atoms with van der Waals surface area (Å²) in [7, 11) is 1.56. The Hall–Kier alpha value is -0.0500. The molecule has 1 fully saturated rings. The fourth-order valence-electron chi connectivity index (χ4n) is 1.77. The van der Waals surface area contributed by atoms with E-state index in [2.05, 4.69) is 22.6 Å². The Labute approximate surface area is 128 Å². The van der Waals surface area contributed by atoms with Gasteiger partial charge >= 0.3 is 0 Å². The number of hydrogen-bond acceptors (Lipinski definition) is 3. The lowest BCUT2D eigenvalue weighted by atomic mass is 10.3. The summed E-state index contributed by atoms with van der Waals surface area (Å²) in [4.78, 5) is 13.2. The van der Waals surface area contributed by atoms with Crippen LogP contribution in [0.3, 0.4) is 0 Å². The summed E-state index contributed by atoms with van der Waals surface area (Å²) < 4.78 is 23.3. The standard InChI is InChI=1S/C10H8Cl2INO3S/c11-8-3-6(1-2-9(8)13)14-5-7(4-10(14)15)18(12,16)17/h1-3,7H,4-5H2. The molecule has 8 heteroatoms. The molecule has 1 heterocycles. The molecule has 18 heavy (non-hydrogen) atoms. The molecule has 0 aliphatic carbocycles. The van der Waals surface area contributed by atoms with Crippen molar-refractivity contribution in [2.24, 2.45) is 0 Å². The molecule has 1 aliphatic heterocycles. The van der Waals surface area contributed by atoms with Crippen molar-refractivity contribution in [2.75, 3.05) is 11.4 Å². The summed E-state index contributed by atoms with van der Waals surface area (Å²) in [5.74, 6) is -0.263. The normalized spacial score (nSPS) is 20.5. The molecule has 0 aromatic heterocycles. The molecule has 2 rings (SSSR count). The molecule has 0 saturated carbocycles. The maximum atomic E-state index is 11.8. The molecule has 98 valence electrons. The van der Waals surface area contributed by atoms with Gasteiger partial charge in [0.05, 0.1) is 5.02 Å². The van der Waals surface area contributed by atoms with Crippen molar-refractivity contribution in [1.29, 1.82) is 0 Å². The third kappa shape index (κ3) is 2.92. The first-order valence-corrected chi connectivity index (χ1v) is 8.81. The minimum atomic E-state index is -3.72. The third-order valence-corrected chi connectivity index (χ3v) is 6.14. The van der Waals surface area contributed by atoms with Gasteiger partial charge in [0.2, 0.25) is 15.0 Å². The van der Waals surface area contributed by atoms with Gasteiger partial charge in [0.1, 0.15) is 5.25 Å². The maximum absolute atomic E-state index is 11.8. The molecular weight excluding hydrogens is 412 g/mol. The van der Waals surface area contributed by atoms with Crippen LogP contribution in [0.25, 0.3) is 0 Å². The highest BCUT2D eigenvalue weighted by molar-refractivity contribution is 14.1. The van der Waals surface area contributed by atoms with Crippen LogP contribution in [0.4, 0.5) is 5.69 Å². The van der Waals surface area contributed by atoms with Gasteiger partial charge in [-0.2, -0.15) is 0 Å². The van der Waals surface area contributed by atoms with E-state index in [4.69, 9.17) is 22.3 Å². The van der Waals surface area contributed by atoms with E-state index in [9.17, 15) is 13.2 Å². The number of anilines is 1. The van der Waals surface area contributed by atoms with Gasteiger partial charge in [0, 0.05) is 32.9 Å². The second kappa shape index (κ2) is 5.15. The quantitative estimate of drug-likeness (QED) is 0.547. The molecule has 1 atom stereocenters. The zero-order chi connectivity index (χ0) is 13.5. The average molecular weight is 420 g/mol. The lowest BCUT2D eigenvalue weighted by Crippen LogP contribution is -2.26. The largest absolute Gasteiger partial charge is 0.311 e. The van der Waals surface area contributed by atoms with Crippen molar-refractivity contribution < 1.29 is 13.2 Å². The topological polar surface area (TPSA) is 54.5 Å². The molecule has 0 N–H and O–H groups in total. The van der Waals surface area contributed by atoms with E-state index >= 15 is 0 Å². The van der Waals surface area contributed by atoms with Crippen LogP contribution in [-0.2, 0) is 13.8 Å². The van der Waals surface area contributed by atoms with E-state index in [1.165, 1.54) is 4.90 Å². The second-order valence-electron chi connectivity index (χ2n) is 3.90. The van der Waals surface area contributed by atoms with Gasteiger partial charge in [-0.15, -0.1) is 0 Å². The number of carbonyl (C=O) groups excluding carboxylic acids is 1. The Bertz CT molecular complexity index is 605. The molecule has 1 saturated heterocycles. The number of nitrogens with zero attached hydrogens (tertiary/aromatic N) is 1. The summed E-state index contributed by atoms with van der Waals surface area (Å²) in [6, 6.07) is 5.15. The summed E-state index contributed by atoms with van der Waals surface area (Å²) in [5, 5.41) is -0.331. The summed E-state index contributed by atoms with van der Waals surface area (Å²) in [6.07, 6.45) is -0.0879. The zero-order valence-electron chi connectivity index (χ0n) is 8.94. The van der Waals surface area contributed by atoms with Crippen molar-refractivity contribution in [3.63, 3.8) is 0 Å². The van der Waals surface area contributed by atoms with Gasteiger partial charge in [0.15, 0.2) is 0 Å². The smallest absolute Gasteiger partial charge is 0.237 e. The number of carbonyl (C=O) groups is 1. The van der Waals surface area contributed by atoms with Crippen molar-refractivity contribution in [3.8, 4) is 0 Å². The van der Waals surface area contributed by atoms with Gasteiger partial charge in [-0.1, -0.05) is 11.6 Å². The lowest BCUT2D eigenvalue weighted by molar-refractivity contribution is -0.117. The molecule has 0 radical (unpaired) electrons. The van der Waals surface area contributed by atoms with Crippen molar-refractivity contribution in [2.45, 2.75) is 11.7 Å². The number of rotatable bonds is 2. The van der Waals surface area contributed by atoms with E-state index in [1.54, 1.807) is 18.2 Å². The van der Waals surface area contributed by atoms with Crippen LogP contribution in [0.15, 0.2) is 18.2 Å². The molecule has 4 nitrogen and oxygen atoms in total. The molecule has 1 aromatic carbocycles. The predicted molar refractivity (Wildman–Crippen MR) is 79.7 cm³/mol. The van der Waals surface area contributed by atoms with Gasteiger partial charge in [-0.25, -0.2) is 8.42 Å². The number of halogens is 3. The number of hydrogen-bond donors (Lipinski definition) is 0. The summed E-state index contributed by atoms with van der Waals surface area (Å²) in [6.45, 7) is 0.0710. The minimum Gasteiger partial charge on any atom is -0.311 e. The Morgan fingerprint density at radius 3 is 2.56 bits per heavy atom. The molecule has 1 aliphatic rings. The molecule has 1 unspecified atom stereocenters. The van der Waals surface area contributed by atoms with Crippen LogP contribution < -0.4 is 4.90 Å². The summed E-state index contributed by atoms with van der Waals surface area (Å²) >= 11 is 8.05. The lowest BCUT2D eigenvalue weighted by Gasteiger charge is -2.16. The molecule has 1 amide bonds. The number of benzene rings is 1. The molecular formula is C10H8Cl2INO3S. The van der Waals surface area contributed by atoms with Gasteiger partial charge in [-0.05, 0) is 40.8 Å². The first kappa shape index (κ1) is 14.4. The number of amides is 1. The highest BCUT2D eigenvalue weighted by Crippen LogP contribution is 2.30. The minimum absolute atomic E-state index is 0.0710. The SMILES string of the molecule is O=C1CC(S(=O)(=O)Cl)CN1c1ccc(I)c(Cl)c1. The summed E-state index contributed by atoms with van der Waals surface area (Å²) in [5.41, 5.74) is 0.591. The van der Waals surface area contributed by atoms with E-state index < -0.39 is 14.3 Å². The molecule has 1 aromatic rings. The fraction of sp³-hybridized carbons (Fsp3) is 0.300. The van der Waals surface area contributed by atoms with Crippen LogP contribution >= 0.6 is 44.9 Å². The highest BCUT2D eigenvalue weighted by Gasteiger charge is 2.38. The Balaban J connectivity index is 2.30. The molecule has 0 bridgehead atoms. The highest BCUT2D eigenvalue weighted by atomic mass is 127. The average Bonchev–Trinajstić information content (AvgIpc) is 2.64. The van der Waals surface area contributed by atoms with Crippen LogP contribution in [-0.4, -0.2) is 26.1 Å². The first-order chi connectivity index (χ1) is 8.29.